The van der Waals surface area contributed by atoms with E-state index in [0.717, 1.165) is 6.54 Å². The zero-order chi connectivity index (χ0) is 11.5. The monoisotopic (exact) mass is 234 g/mol. The molecular formula is C10H22N2O2S. The lowest BCUT2D eigenvalue weighted by molar-refractivity contribution is 0.356. The summed E-state index contributed by atoms with van der Waals surface area (Å²) in [6.07, 6.45) is 3.04. The average Bonchev–Trinajstić information content (AvgIpc) is 2.99. The van der Waals surface area contributed by atoms with Crippen LogP contribution in [-0.4, -0.2) is 45.2 Å². The maximum atomic E-state index is 11.9. The molecule has 0 bridgehead atoms. The highest BCUT2D eigenvalue weighted by Gasteiger charge is 2.34. The summed E-state index contributed by atoms with van der Waals surface area (Å²) in [5, 5.41) is 2.96. The summed E-state index contributed by atoms with van der Waals surface area (Å²) in [6.45, 7) is 2.76. The molecule has 0 aromatic rings. The van der Waals surface area contributed by atoms with E-state index < -0.39 is 10.0 Å². The van der Waals surface area contributed by atoms with Gasteiger partial charge in [0.05, 0.1) is 5.75 Å². The molecule has 1 rings (SSSR count). The van der Waals surface area contributed by atoms with Crippen LogP contribution in [0.1, 0.15) is 26.2 Å². The third-order valence-electron chi connectivity index (χ3n) is 3.15. The summed E-state index contributed by atoms with van der Waals surface area (Å²) in [5.74, 6) is 0.843. The fourth-order valence-corrected chi connectivity index (χ4v) is 3.18. The Balaban J connectivity index is 2.44. The van der Waals surface area contributed by atoms with E-state index in [1.54, 1.807) is 11.4 Å². The molecule has 0 radical (unpaired) electrons. The van der Waals surface area contributed by atoms with Crippen LogP contribution in [0.3, 0.4) is 0 Å². The molecule has 0 aliphatic heterocycles. The van der Waals surface area contributed by atoms with Crippen LogP contribution < -0.4 is 5.32 Å². The molecule has 0 saturated heterocycles. The fraction of sp³-hybridized carbons (Fsp3) is 1.00. The van der Waals surface area contributed by atoms with Gasteiger partial charge in [0.2, 0.25) is 10.0 Å². The summed E-state index contributed by atoms with van der Waals surface area (Å²) in [5.41, 5.74) is 0. The van der Waals surface area contributed by atoms with Gasteiger partial charge in [-0.3, -0.25) is 0 Å². The second-order valence-corrected chi connectivity index (χ2v) is 6.52. The molecule has 0 spiro atoms. The van der Waals surface area contributed by atoms with E-state index >= 15 is 0 Å². The maximum Gasteiger partial charge on any atom is 0.214 e. The summed E-state index contributed by atoms with van der Waals surface area (Å²) in [7, 11) is 0.499. The van der Waals surface area contributed by atoms with Crippen LogP contribution in [0, 0.1) is 5.92 Å². The number of nitrogens with zero attached hydrogens (tertiary/aromatic N) is 1. The Kier molecular flexibility index (Phi) is 4.55. The van der Waals surface area contributed by atoms with Gasteiger partial charge in [-0.1, -0.05) is 0 Å². The molecule has 1 aliphatic carbocycles. The molecule has 5 heteroatoms. The van der Waals surface area contributed by atoms with E-state index in [9.17, 15) is 8.42 Å². The topological polar surface area (TPSA) is 49.4 Å². The Labute approximate surface area is 93.1 Å². The quantitative estimate of drug-likeness (QED) is 0.658. The van der Waals surface area contributed by atoms with Crippen LogP contribution in [0.5, 0.6) is 0 Å². The Morgan fingerprint density at radius 3 is 2.53 bits per heavy atom. The molecule has 90 valence electrons. The smallest absolute Gasteiger partial charge is 0.214 e. The Bertz CT molecular complexity index is 286. The molecule has 1 aliphatic rings. The third-order valence-corrected chi connectivity index (χ3v) is 5.16. The normalized spacial score (nSPS) is 19.5. The van der Waals surface area contributed by atoms with Gasteiger partial charge >= 0.3 is 0 Å². The van der Waals surface area contributed by atoms with Gasteiger partial charge in [-0.2, -0.15) is 0 Å². The summed E-state index contributed by atoms with van der Waals surface area (Å²) in [4.78, 5) is 0. The highest BCUT2D eigenvalue weighted by Crippen LogP contribution is 2.35. The molecule has 1 N–H and O–H groups in total. The Hall–Kier alpha value is -0.130. The fourth-order valence-electron chi connectivity index (χ4n) is 1.70. The number of hydrogen-bond acceptors (Lipinski definition) is 3. The molecule has 4 nitrogen and oxygen atoms in total. The molecular weight excluding hydrogens is 212 g/mol. The minimum absolute atomic E-state index is 0.171. The second kappa shape index (κ2) is 5.27. The van der Waals surface area contributed by atoms with Crippen molar-refractivity contribution < 1.29 is 8.42 Å². The van der Waals surface area contributed by atoms with Crippen molar-refractivity contribution in [3.05, 3.63) is 0 Å². The molecule has 0 aromatic carbocycles. The average molecular weight is 234 g/mol. The first kappa shape index (κ1) is 12.9. The zero-order valence-corrected chi connectivity index (χ0v) is 10.7. The predicted molar refractivity (Wildman–Crippen MR) is 62.3 cm³/mol. The molecule has 0 aromatic heterocycles. The molecule has 0 amide bonds. The lowest BCUT2D eigenvalue weighted by Crippen LogP contribution is -2.38. The van der Waals surface area contributed by atoms with Crippen molar-refractivity contribution in [3.8, 4) is 0 Å². The van der Waals surface area contributed by atoms with Gasteiger partial charge in [0.1, 0.15) is 0 Å². The standard InChI is InChI=1S/C10H22N2O2S/c1-9(10-5-6-10)12(3)15(13,14)8-4-7-11-2/h9-11H,4-8H2,1-3H3. The Morgan fingerprint density at radius 1 is 1.47 bits per heavy atom. The zero-order valence-electron chi connectivity index (χ0n) is 9.86. The third kappa shape index (κ3) is 3.74. The van der Waals surface area contributed by atoms with E-state index in [4.69, 9.17) is 0 Å². The Morgan fingerprint density at radius 2 is 2.07 bits per heavy atom. The van der Waals surface area contributed by atoms with Gasteiger partial charge < -0.3 is 5.32 Å². The van der Waals surface area contributed by atoms with Crippen molar-refractivity contribution in [2.75, 3.05) is 26.4 Å². The van der Waals surface area contributed by atoms with Crippen molar-refractivity contribution in [1.82, 2.24) is 9.62 Å². The molecule has 1 fully saturated rings. The number of nitrogens with one attached hydrogen (secondary N) is 1. The first-order valence-corrected chi connectivity index (χ1v) is 7.20. The largest absolute Gasteiger partial charge is 0.320 e. The maximum absolute atomic E-state index is 11.9. The van der Waals surface area contributed by atoms with Crippen LogP contribution in [0.2, 0.25) is 0 Å². The predicted octanol–water partition coefficient (Wildman–Crippen LogP) is 0.656. The highest BCUT2D eigenvalue weighted by atomic mass is 32.2. The van der Waals surface area contributed by atoms with Crippen molar-refractivity contribution in [1.29, 1.82) is 0 Å². The molecule has 1 atom stereocenters. The number of sulfonamides is 1. The summed E-state index contributed by atoms with van der Waals surface area (Å²) >= 11 is 0. The lowest BCUT2D eigenvalue weighted by atomic mass is 10.2. The first-order chi connectivity index (χ1) is 6.99. The second-order valence-electron chi connectivity index (χ2n) is 4.37. The minimum Gasteiger partial charge on any atom is -0.320 e. The van der Waals surface area contributed by atoms with Crippen molar-refractivity contribution >= 4 is 10.0 Å². The van der Waals surface area contributed by atoms with E-state index in [-0.39, 0.29) is 11.8 Å². The molecule has 1 unspecified atom stereocenters. The van der Waals surface area contributed by atoms with E-state index in [2.05, 4.69) is 5.32 Å². The van der Waals surface area contributed by atoms with Gasteiger partial charge in [-0.15, -0.1) is 0 Å². The van der Waals surface area contributed by atoms with Gasteiger partial charge in [0.25, 0.3) is 0 Å². The number of hydrogen-bond donors (Lipinski definition) is 1. The molecule has 15 heavy (non-hydrogen) atoms. The van der Waals surface area contributed by atoms with Crippen molar-refractivity contribution in [3.63, 3.8) is 0 Å². The van der Waals surface area contributed by atoms with Gasteiger partial charge in [0, 0.05) is 13.1 Å². The molecule has 1 saturated carbocycles. The number of rotatable bonds is 7. The highest BCUT2D eigenvalue weighted by molar-refractivity contribution is 7.89. The van der Waals surface area contributed by atoms with E-state index in [0.29, 0.717) is 12.3 Å². The lowest BCUT2D eigenvalue weighted by Gasteiger charge is -2.24. The summed E-state index contributed by atoms with van der Waals surface area (Å²) in [6, 6.07) is 0.171. The van der Waals surface area contributed by atoms with Crippen LogP contribution in [0.4, 0.5) is 0 Å². The van der Waals surface area contributed by atoms with Crippen LogP contribution >= 0.6 is 0 Å². The molecule has 0 heterocycles. The van der Waals surface area contributed by atoms with Crippen molar-refractivity contribution in [2.45, 2.75) is 32.2 Å². The van der Waals surface area contributed by atoms with Crippen molar-refractivity contribution in [2.24, 2.45) is 5.92 Å². The minimum atomic E-state index is -3.04. The first-order valence-electron chi connectivity index (χ1n) is 5.59. The van der Waals surface area contributed by atoms with Gasteiger partial charge in [-0.05, 0) is 45.7 Å². The van der Waals surface area contributed by atoms with Crippen LogP contribution in [-0.2, 0) is 10.0 Å². The van der Waals surface area contributed by atoms with Gasteiger partial charge in [-0.25, -0.2) is 12.7 Å². The van der Waals surface area contributed by atoms with Crippen LogP contribution in [0.25, 0.3) is 0 Å². The summed E-state index contributed by atoms with van der Waals surface area (Å²) < 4.78 is 25.3. The van der Waals surface area contributed by atoms with E-state index in [1.165, 1.54) is 12.8 Å². The SMILES string of the molecule is CNCCCS(=O)(=O)N(C)C(C)C1CC1. The van der Waals surface area contributed by atoms with E-state index in [1.807, 2.05) is 14.0 Å². The van der Waals surface area contributed by atoms with Crippen LogP contribution in [0.15, 0.2) is 0 Å². The van der Waals surface area contributed by atoms with Gasteiger partial charge in [0.15, 0.2) is 0 Å².